The van der Waals surface area contributed by atoms with E-state index >= 15 is 0 Å². The maximum Gasteiger partial charge on any atom is 0.168 e. The minimum atomic E-state index is -1.56. The van der Waals surface area contributed by atoms with Crippen molar-refractivity contribution in [1.29, 1.82) is 0 Å². The molecule has 4 rings (SSSR count). The van der Waals surface area contributed by atoms with E-state index in [1.165, 1.54) is 11.1 Å². The lowest BCUT2D eigenvalue weighted by molar-refractivity contribution is -0.233. The van der Waals surface area contributed by atoms with Crippen LogP contribution in [0.4, 0.5) is 0 Å². The largest absolute Gasteiger partial charge is 0.365 e. The van der Waals surface area contributed by atoms with Crippen molar-refractivity contribution in [3.63, 3.8) is 0 Å². The molecule has 0 spiro atoms. The number of allylic oxidation sites excluding steroid dienone is 4. The van der Waals surface area contributed by atoms with E-state index in [1.54, 1.807) is 0 Å². The Kier molecular flexibility index (Phi) is 2.90. The van der Waals surface area contributed by atoms with Gasteiger partial charge in [0.05, 0.1) is 0 Å². The molecular formula is C19H27NO2. The Morgan fingerprint density at radius 1 is 1.23 bits per heavy atom. The summed E-state index contributed by atoms with van der Waals surface area (Å²) in [5, 5.41) is 21.0. The minimum absolute atomic E-state index is 0.00369. The highest BCUT2D eigenvalue weighted by molar-refractivity contribution is 5.45. The molecule has 4 aliphatic rings. The van der Waals surface area contributed by atoms with E-state index in [-0.39, 0.29) is 23.3 Å². The number of aliphatic hydroxyl groups is 2. The van der Waals surface area contributed by atoms with Crippen LogP contribution in [0.5, 0.6) is 0 Å². The Morgan fingerprint density at radius 3 is 2.77 bits per heavy atom. The van der Waals surface area contributed by atoms with Crippen LogP contribution in [-0.4, -0.2) is 22.0 Å². The molecule has 3 nitrogen and oxygen atoms in total. The van der Waals surface area contributed by atoms with Crippen molar-refractivity contribution in [3.05, 3.63) is 35.5 Å². The molecule has 120 valence electrons. The number of hydrogen-bond donors (Lipinski definition) is 3. The van der Waals surface area contributed by atoms with Gasteiger partial charge < -0.3 is 15.9 Å². The SMILES string of the molecule is C[C@]12C=CCC=C1CC(N)[C@@H]1C2=CC[C@@]2(C)[C@H]1CCC2(O)O. The summed E-state index contributed by atoms with van der Waals surface area (Å²) in [4.78, 5) is 0. The van der Waals surface area contributed by atoms with Crippen LogP contribution in [0.2, 0.25) is 0 Å². The number of fused-ring (bicyclic) bond motifs is 5. The summed E-state index contributed by atoms with van der Waals surface area (Å²) in [5.74, 6) is -1.02. The van der Waals surface area contributed by atoms with Gasteiger partial charge in [0.15, 0.2) is 5.79 Å². The smallest absolute Gasteiger partial charge is 0.168 e. The average Bonchev–Trinajstić information content (AvgIpc) is 2.70. The minimum Gasteiger partial charge on any atom is -0.365 e. The van der Waals surface area contributed by atoms with E-state index < -0.39 is 11.2 Å². The van der Waals surface area contributed by atoms with Gasteiger partial charge in [0.25, 0.3) is 0 Å². The van der Waals surface area contributed by atoms with Crippen LogP contribution in [0.15, 0.2) is 35.5 Å². The molecule has 0 saturated heterocycles. The van der Waals surface area contributed by atoms with Gasteiger partial charge in [-0.2, -0.15) is 0 Å². The first-order chi connectivity index (χ1) is 10.3. The Morgan fingerprint density at radius 2 is 2.00 bits per heavy atom. The zero-order chi connectivity index (χ0) is 15.8. The Bertz CT molecular complexity index is 603. The van der Waals surface area contributed by atoms with Crippen LogP contribution in [0, 0.1) is 22.7 Å². The van der Waals surface area contributed by atoms with Crippen LogP contribution in [0.3, 0.4) is 0 Å². The maximum atomic E-state index is 10.5. The number of nitrogens with two attached hydrogens (primary N) is 1. The molecule has 1 unspecified atom stereocenters. The van der Waals surface area contributed by atoms with Crippen molar-refractivity contribution in [2.75, 3.05) is 0 Å². The highest BCUT2D eigenvalue weighted by Gasteiger charge is 2.62. The lowest BCUT2D eigenvalue weighted by atomic mass is 9.51. The van der Waals surface area contributed by atoms with Gasteiger partial charge in [-0.25, -0.2) is 0 Å². The standard InChI is InChI=1S/C19H27NO2/c1-17-8-4-3-5-12(17)11-15(20)16-13(17)6-9-18(2)14(16)7-10-19(18,21)22/h4-6,8,14-16,21-22H,3,7,9-11,20H2,1-2H3/t14-,15?,16+,17-,18-/m0/s1. The zero-order valence-corrected chi connectivity index (χ0v) is 13.5. The summed E-state index contributed by atoms with van der Waals surface area (Å²) < 4.78 is 0. The fourth-order valence-electron chi connectivity index (χ4n) is 5.70. The molecule has 0 radical (unpaired) electrons. The molecule has 0 bridgehead atoms. The van der Waals surface area contributed by atoms with Crippen molar-refractivity contribution in [3.8, 4) is 0 Å². The van der Waals surface area contributed by atoms with Crippen LogP contribution < -0.4 is 5.73 Å². The van der Waals surface area contributed by atoms with Crippen molar-refractivity contribution < 1.29 is 10.2 Å². The zero-order valence-electron chi connectivity index (χ0n) is 13.5. The maximum absolute atomic E-state index is 10.5. The van der Waals surface area contributed by atoms with Crippen LogP contribution in [0.25, 0.3) is 0 Å². The van der Waals surface area contributed by atoms with Gasteiger partial charge in [-0.1, -0.05) is 42.4 Å². The number of hydrogen-bond acceptors (Lipinski definition) is 3. The van der Waals surface area contributed by atoms with Gasteiger partial charge in [0.2, 0.25) is 0 Å². The first kappa shape index (κ1) is 14.7. The second-order valence-corrected chi connectivity index (χ2v) is 8.21. The van der Waals surface area contributed by atoms with Crippen molar-refractivity contribution in [2.45, 2.75) is 57.8 Å². The molecule has 3 heteroatoms. The van der Waals surface area contributed by atoms with Crippen LogP contribution in [-0.2, 0) is 0 Å². The monoisotopic (exact) mass is 301 g/mol. The first-order valence-corrected chi connectivity index (χ1v) is 8.58. The predicted octanol–water partition coefficient (Wildman–Crippen LogP) is 2.65. The quantitative estimate of drug-likeness (QED) is 0.476. The molecule has 0 aliphatic heterocycles. The van der Waals surface area contributed by atoms with Gasteiger partial charge in [0, 0.05) is 23.3 Å². The normalized spacial score (nSPS) is 48.9. The van der Waals surface area contributed by atoms with Crippen LogP contribution >= 0.6 is 0 Å². The molecule has 5 atom stereocenters. The lowest BCUT2D eigenvalue weighted by Crippen LogP contribution is -2.55. The summed E-state index contributed by atoms with van der Waals surface area (Å²) >= 11 is 0. The van der Waals surface area contributed by atoms with Gasteiger partial charge >= 0.3 is 0 Å². The Balaban J connectivity index is 1.83. The third kappa shape index (κ3) is 1.62. The summed E-state index contributed by atoms with van der Waals surface area (Å²) in [6.07, 6.45) is 13.2. The molecule has 0 aromatic heterocycles. The lowest BCUT2D eigenvalue weighted by Gasteiger charge is -2.54. The van der Waals surface area contributed by atoms with Gasteiger partial charge in [-0.3, -0.25) is 0 Å². The second kappa shape index (κ2) is 4.34. The van der Waals surface area contributed by atoms with Crippen LogP contribution in [0.1, 0.15) is 46.0 Å². The summed E-state index contributed by atoms with van der Waals surface area (Å²) in [5.41, 5.74) is 9.00. The molecule has 2 saturated carbocycles. The highest BCUT2D eigenvalue weighted by Crippen LogP contribution is 2.64. The predicted molar refractivity (Wildman–Crippen MR) is 86.7 cm³/mol. The van der Waals surface area contributed by atoms with E-state index in [2.05, 4.69) is 31.2 Å². The van der Waals surface area contributed by atoms with E-state index in [4.69, 9.17) is 5.73 Å². The Labute approximate surface area is 132 Å². The van der Waals surface area contributed by atoms with Gasteiger partial charge in [-0.15, -0.1) is 0 Å². The van der Waals surface area contributed by atoms with E-state index in [1.807, 2.05) is 6.92 Å². The molecule has 2 fully saturated rings. The third-order valence-corrected chi connectivity index (χ3v) is 7.21. The first-order valence-electron chi connectivity index (χ1n) is 8.58. The topological polar surface area (TPSA) is 66.5 Å². The molecule has 4 N–H and O–H groups in total. The van der Waals surface area contributed by atoms with Gasteiger partial charge in [0.1, 0.15) is 0 Å². The molecular weight excluding hydrogens is 274 g/mol. The molecule has 0 aromatic rings. The van der Waals surface area contributed by atoms with Crippen molar-refractivity contribution in [1.82, 2.24) is 0 Å². The molecule has 0 amide bonds. The molecule has 22 heavy (non-hydrogen) atoms. The van der Waals surface area contributed by atoms with Crippen molar-refractivity contribution >= 4 is 0 Å². The van der Waals surface area contributed by atoms with Gasteiger partial charge in [-0.05, 0) is 44.4 Å². The second-order valence-electron chi connectivity index (χ2n) is 8.21. The van der Waals surface area contributed by atoms with E-state index in [9.17, 15) is 10.2 Å². The highest BCUT2D eigenvalue weighted by atomic mass is 16.5. The summed E-state index contributed by atoms with van der Waals surface area (Å²) in [6.45, 7) is 4.34. The number of rotatable bonds is 0. The van der Waals surface area contributed by atoms with E-state index in [0.717, 1.165) is 25.7 Å². The third-order valence-electron chi connectivity index (χ3n) is 7.21. The van der Waals surface area contributed by atoms with E-state index in [0.29, 0.717) is 6.42 Å². The Hall–Kier alpha value is -0.900. The summed E-state index contributed by atoms with van der Waals surface area (Å²) in [7, 11) is 0. The fourth-order valence-corrected chi connectivity index (χ4v) is 5.70. The average molecular weight is 301 g/mol. The fraction of sp³-hybridized carbons (Fsp3) is 0.684. The molecule has 0 heterocycles. The van der Waals surface area contributed by atoms with Crippen molar-refractivity contribution in [2.24, 2.45) is 28.4 Å². The summed E-state index contributed by atoms with van der Waals surface area (Å²) in [6, 6.07) is 0.0931. The molecule has 0 aromatic carbocycles. The molecule has 4 aliphatic carbocycles.